The van der Waals surface area contributed by atoms with Gasteiger partial charge in [-0.15, -0.1) is 23.8 Å². The molecule has 0 amide bonds. The predicted octanol–water partition coefficient (Wildman–Crippen LogP) is 11.8. The maximum atomic E-state index is 11.3. The molecule has 1 atom stereocenters. The summed E-state index contributed by atoms with van der Waals surface area (Å²) in [5, 5.41) is 11.3. The summed E-state index contributed by atoms with van der Waals surface area (Å²) in [5.74, 6) is 0.323. The number of phenolic OH excluding ortho intramolecular Hbond substituents is 1. The van der Waals surface area contributed by atoms with Gasteiger partial charge in [0, 0.05) is 61.5 Å². The van der Waals surface area contributed by atoms with Gasteiger partial charge in [-0.3, -0.25) is 15.0 Å². The van der Waals surface area contributed by atoms with Gasteiger partial charge in [0.15, 0.2) is 0 Å². The number of pyridine rings is 3. The Balaban J connectivity index is 0.00000464. The third-order valence-corrected chi connectivity index (χ3v) is 9.49. The Morgan fingerprint density at radius 3 is 1.85 bits per heavy atom. The van der Waals surface area contributed by atoms with Crippen molar-refractivity contribution in [1.82, 2.24) is 15.0 Å². The van der Waals surface area contributed by atoms with Gasteiger partial charge in [-0.05, 0) is 89.0 Å². The number of rotatable bonds is 7. The molecule has 1 N–H and O–H groups in total. The number of aromatic nitrogens is 3. The summed E-state index contributed by atoms with van der Waals surface area (Å²) in [5.41, 5.74) is 14.2. The second-order valence-electron chi connectivity index (χ2n) is 14.4. The van der Waals surface area contributed by atoms with Crippen molar-refractivity contribution in [3.05, 3.63) is 168 Å². The first-order chi connectivity index (χ1) is 24.5. The van der Waals surface area contributed by atoms with E-state index in [0.29, 0.717) is 11.3 Å². The molecule has 4 nitrogen and oxygen atoms in total. The van der Waals surface area contributed by atoms with Gasteiger partial charge in [-0.25, -0.2) is 0 Å². The molecule has 0 spiro atoms. The second-order valence-corrected chi connectivity index (χ2v) is 14.4. The first-order valence-corrected chi connectivity index (χ1v) is 17.5. The van der Waals surface area contributed by atoms with Crippen molar-refractivity contribution < 1.29 is 26.2 Å². The molecule has 0 bridgehead atoms. The van der Waals surface area contributed by atoms with Gasteiger partial charge in [0.25, 0.3) is 0 Å². The van der Waals surface area contributed by atoms with Gasteiger partial charge in [0.05, 0.1) is 5.69 Å². The van der Waals surface area contributed by atoms with E-state index in [0.717, 1.165) is 67.3 Å². The molecule has 7 aromatic rings. The molecule has 0 fully saturated rings. The van der Waals surface area contributed by atoms with E-state index in [9.17, 15) is 5.11 Å². The minimum Gasteiger partial charge on any atom is -0.507 e. The number of benzene rings is 4. The predicted molar refractivity (Wildman–Crippen MR) is 210 cm³/mol. The number of hydrogen-bond acceptors (Lipinski definition) is 4. The fourth-order valence-electron chi connectivity index (χ4n) is 6.60. The molecule has 0 aliphatic carbocycles. The van der Waals surface area contributed by atoms with Crippen LogP contribution in [-0.2, 0) is 26.5 Å². The molecule has 52 heavy (non-hydrogen) atoms. The van der Waals surface area contributed by atoms with Crippen LogP contribution < -0.4 is 0 Å². The van der Waals surface area contributed by atoms with Crippen molar-refractivity contribution in [2.45, 2.75) is 52.9 Å². The average molecular weight is 860 g/mol. The van der Waals surface area contributed by atoms with Gasteiger partial charge in [0.1, 0.15) is 5.75 Å². The molecule has 7 rings (SSSR count). The average Bonchev–Trinajstić information content (AvgIpc) is 3.14. The fourth-order valence-corrected chi connectivity index (χ4v) is 6.60. The van der Waals surface area contributed by atoms with Crippen LogP contribution in [0.5, 0.6) is 5.75 Å². The van der Waals surface area contributed by atoms with Gasteiger partial charge in [-0.2, -0.15) is 0 Å². The zero-order valence-electron chi connectivity index (χ0n) is 30.4. The quantitative estimate of drug-likeness (QED) is 0.162. The smallest absolute Gasteiger partial charge is 0.124 e. The Morgan fingerprint density at radius 1 is 0.577 bits per heavy atom. The number of hydrogen-bond donors (Lipinski definition) is 1. The van der Waals surface area contributed by atoms with Crippen molar-refractivity contribution >= 4 is 0 Å². The largest absolute Gasteiger partial charge is 0.507 e. The van der Waals surface area contributed by atoms with Gasteiger partial charge < -0.3 is 5.11 Å². The van der Waals surface area contributed by atoms with Crippen LogP contribution in [0.3, 0.4) is 0 Å². The normalized spacial score (nSPS) is 11.9. The Kier molecular flexibility index (Phi) is 10.7. The molecule has 0 aliphatic heterocycles. The molecule has 3 heterocycles. The molecule has 4 aromatic carbocycles. The minimum atomic E-state index is -0.143. The third-order valence-electron chi connectivity index (χ3n) is 9.49. The summed E-state index contributed by atoms with van der Waals surface area (Å²) in [6, 6.07) is 47.3. The SMILES string of the molecule is Cc1cc(-c2cc(-c3[c-]c(-c4cc(-c5ccccc5)ccn4)cc(C(C)(C)C)c3)nc(-c3cc(C(C)c4ccccc4)ccc3O)c2)cc(C)n1.[Pt]. The maximum Gasteiger partial charge on any atom is 0.124 e. The molecule has 0 saturated heterocycles. The second kappa shape index (κ2) is 15.2. The van der Waals surface area contributed by atoms with Crippen molar-refractivity contribution in [2.75, 3.05) is 0 Å². The van der Waals surface area contributed by atoms with E-state index in [1.54, 1.807) is 6.07 Å². The van der Waals surface area contributed by atoms with Crippen LogP contribution in [0.25, 0.3) is 56.0 Å². The van der Waals surface area contributed by atoms with E-state index in [-0.39, 0.29) is 38.1 Å². The van der Waals surface area contributed by atoms with Gasteiger partial charge in [0.2, 0.25) is 0 Å². The van der Waals surface area contributed by atoms with E-state index >= 15 is 0 Å². The van der Waals surface area contributed by atoms with Gasteiger partial charge >= 0.3 is 0 Å². The van der Waals surface area contributed by atoms with Crippen LogP contribution in [-0.4, -0.2) is 20.1 Å². The van der Waals surface area contributed by atoms with E-state index in [2.05, 4.69) is 136 Å². The topological polar surface area (TPSA) is 58.9 Å². The van der Waals surface area contributed by atoms with Crippen molar-refractivity contribution in [1.29, 1.82) is 0 Å². The van der Waals surface area contributed by atoms with Crippen LogP contribution in [0, 0.1) is 19.9 Å². The zero-order chi connectivity index (χ0) is 35.7. The molecular weight excluding hydrogens is 818 g/mol. The summed E-state index contributed by atoms with van der Waals surface area (Å²) < 4.78 is 0. The van der Waals surface area contributed by atoms with Crippen molar-refractivity contribution in [3.63, 3.8) is 0 Å². The van der Waals surface area contributed by atoms with Crippen LogP contribution in [0.4, 0.5) is 0 Å². The minimum absolute atomic E-state index is 0. The Morgan fingerprint density at radius 2 is 1.17 bits per heavy atom. The molecular formula is C47H42N3OPt-. The summed E-state index contributed by atoms with van der Waals surface area (Å²) in [6.07, 6.45) is 1.87. The molecule has 0 saturated carbocycles. The standard InChI is InChI=1S/C47H42N3O.Pt/c1-30-21-37(22-31(2)49-30)38-28-44(50-45(29-38)42-26-35(17-18-46(42)51)32(3)33-13-9-7-10-14-33)40-23-39(24-41(25-40)47(4,5)6)43-27-36(19-20-48-43)34-15-11-8-12-16-34;/h7-22,24-29,32,51H,1-6H3;/q-1;. The Labute approximate surface area is 322 Å². The van der Waals surface area contributed by atoms with E-state index in [1.165, 1.54) is 5.56 Å². The summed E-state index contributed by atoms with van der Waals surface area (Å²) in [4.78, 5) is 14.7. The van der Waals surface area contributed by atoms with Crippen LogP contribution in [0.15, 0.2) is 134 Å². The van der Waals surface area contributed by atoms with Crippen LogP contribution >= 0.6 is 0 Å². The van der Waals surface area contributed by atoms with Crippen LogP contribution in [0.2, 0.25) is 0 Å². The first-order valence-electron chi connectivity index (χ1n) is 17.5. The maximum absolute atomic E-state index is 11.3. The van der Waals surface area contributed by atoms with E-state index < -0.39 is 0 Å². The summed E-state index contributed by atoms with van der Waals surface area (Å²) in [6.45, 7) is 12.9. The van der Waals surface area contributed by atoms with Crippen LogP contribution in [0.1, 0.15) is 61.7 Å². The monoisotopic (exact) mass is 859 g/mol. The summed E-state index contributed by atoms with van der Waals surface area (Å²) in [7, 11) is 0. The van der Waals surface area contributed by atoms with E-state index in [4.69, 9.17) is 9.97 Å². The molecule has 3 aromatic heterocycles. The van der Waals surface area contributed by atoms with Crippen molar-refractivity contribution in [2.24, 2.45) is 0 Å². The Hall–Kier alpha value is -5.18. The molecule has 262 valence electrons. The zero-order valence-corrected chi connectivity index (χ0v) is 32.7. The number of nitrogens with zero attached hydrogens (tertiary/aromatic N) is 3. The first kappa shape index (κ1) is 36.6. The van der Waals surface area contributed by atoms with E-state index in [1.807, 2.05) is 44.3 Å². The van der Waals surface area contributed by atoms with Gasteiger partial charge in [-0.1, -0.05) is 118 Å². The number of phenols is 1. The van der Waals surface area contributed by atoms with Crippen molar-refractivity contribution in [3.8, 4) is 61.8 Å². The Bertz CT molecular complexity index is 2330. The number of aryl methyl sites for hydroxylation is 2. The molecule has 0 radical (unpaired) electrons. The molecule has 5 heteroatoms. The summed E-state index contributed by atoms with van der Waals surface area (Å²) >= 11 is 0. The third kappa shape index (κ3) is 7.98. The fraction of sp³-hybridized carbons (Fsp3) is 0.170. The number of aromatic hydroxyl groups is 1. The molecule has 0 aliphatic rings. The molecule has 1 unspecified atom stereocenters.